The highest BCUT2D eigenvalue weighted by atomic mass is 16.5. The lowest BCUT2D eigenvalue weighted by Crippen LogP contribution is -2.35. The van der Waals surface area contributed by atoms with Crippen LogP contribution in [0.4, 0.5) is 0 Å². The number of aryl methyl sites for hydroxylation is 1. The van der Waals surface area contributed by atoms with Crippen molar-refractivity contribution < 1.29 is 23.8 Å². The third-order valence-corrected chi connectivity index (χ3v) is 3.17. The van der Waals surface area contributed by atoms with Crippen molar-refractivity contribution in [2.24, 2.45) is 0 Å². The summed E-state index contributed by atoms with van der Waals surface area (Å²) in [6.45, 7) is 2.45. The number of likely N-dealkylation sites (N-methyl/N-ethyl adjacent to an activating group) is 1. The number of amides is 1. The van der Waals surface area contributed by atoms with Gasteiger partial charge in [0.15, 0.2) is 0 Å². The molecular weight excluding hydrogens is 250 g/mol. The molecule has 2 heterocycles. The second kappa shape index (κ2) is 5.44. The van der Waals surface area contributed by atoms with Gasteiger partial charge in [0.05, 0.1) is 6.54 Å². The molecule has 1 atom stereocenters. The van der Waals surface area contributed by atoms with E-state index >= 15 is 0 Å². The Balaban J connectivity index is 2.02. The molecule has 0 radical (unpaired) electrons. The van der Waals surface area contributed by atoms with Gasteiger partial charge in [-0.15, -0.1) is 0 Å². The molecule has 1 N–H and O–H groups in total. The van der Waals surface area contributed by atoms with Crippen LogP contribution in [0.1, 0.15) is 34.7 Å². The first-order chi connectivity index (χ1) is 8.99. The monoisotopic (exact) mass is 267 g/mol. The van der Waals surface area contributed by atoms with Crippen LogP contribution < -0.4 is 0 Å². The van der Waals surface area contributed by atoms with Gasteiger partial charge in [-0.05, 0) is 25.8 Å². The standard InChI is InChI=1S/C13H17NO5/c1-8-10(13(16)17)6-9(19-8)7-14(2)12(15)11-4-3-5-18-11/h6,11H,3-5,7H2,1-2H3,(H,16,17)/t11-/m1/s1. The zero-order valence-corrected chi connectivity index (χ0v) is 11.0. The van der Waals surface area contributed by atoms with Crippen molar-refractivity contribution in [1.29, 1.82) is 0 Å². The van der Waals surface area contributed by atoms with Gasteiger partial charge < -0.3 is 19.2 Å². The van der Waals surface area contributed by atoms with Gasteiger partial charge >= 0.3 is 5.97 Å². The van der Waals surface area contributed by atoms with Gasteiger partial charge in [-0.3, -0.25) is 4.79 Å². The van der Waals surface area contributed by atoms with Crippen molar-refractivity contribution in [3.63, 3.8) is 0 Å². The van der Waals surface area contributed by atoms with E-state index in [1.54, 1.807) is 14.0 Å². The fraction of sp³-hybridized carbons (Fsp3) is 0.538. The Morgan fingerprint density at radius 1 is 1.53 bits per heavy atom. The third-order valence-electron chi connectivity index (χ3n) is 3.17. The Morgan fingerprint density at radius 2 is 2.26 bits per heavy atom. The number of carbonyl (C=O) groups excluding carboxylic acids is 1. The number of aromatic carboxylic acids is 1. The second-order valence-corrected chi connectivity index (χ2v) is 4.68. The Kier molecular flexibility index (Phi) is 3.90. The maximum Gasteiger partial charge on any atom is 0.339 e. The molecule has 1 aliphatic rings. The van der Waals surface area contributed by atoms with Crippen molar-refractivity contribution in [2.75, 3.05) is 13.7 Å². The fourth-order valence-electron chi connectivity index (χ4n) is 2.16. The molecule has 1 fully saturated rings. The average Bonchev–Trinajstić information content (AvgIpc) is 2.97. The number of carbonyl (C=O) groups is 2. The van der Waals surface area contributed by atoms with Crippen molar-refractivity contribution >= 4 is 11.9 Å². The van der Waals surface area contributed by atoms with Gasteiger partial charge in [-0.25, -0.2) is 4.79 Å². The van der Waals surface area contributed by atoms with Crippen LogP contribution in [0.25, 0.3) is 0 Å². The molecule has 2 rings (SSSR count). The summed E-state index contributed by atoms with van der Waals surface area (Å²) in [5, 5.41) is 8.93. The summed E-state index contributed by atoms with van der Waals surface area (Å²) in [7, 11) is 1.66. The van der Waals surface area contributed by atoms with Crippen LogP contribution in [-0.4, -0.2) is 41.6 Å². The maximum absolute atomic E-state index is 12.0. The molecule has 19 heavy (non-hydrogen) atoms. The minimum atomic E-state index is -1.03. The number of nitrogens with zero attached hydrogens (tertiary/aromatic N) is 1. The van der Waals surface area contributed by atoms with Gasteiger partial charge in [0.2, 0.25) is 0 Å². The van der Waals surface area contributed by atoms with Crippen LogP contribution in [0.5, 0.6) is 0 Å². The molecule has 0 spiro atoms. The minimum Gasteiger partial charge on any atom is -0.478 e. The van der Waals surface area contributed by atoms with Gasteiger partial charge in [-0.1, -0.05) is 0 Å². The van der Waals surface area contributed by atoms with Crippen LogP contribution in [0, 0.1) is 6.92 Å². The summed E-state index contributed by atoms with van der Waals surface area (Å²) in [4.78, 5) is 24.4. The first kappa shape index (κ1) is 13.6. The van der Waals surface area contributed by atoms with E-state index in [-0.39, 0.29) is 24.1 Å². The highest BCUT2D eigenvalue weighted by molar-refractivity contribution is 5.88. The van der Waals surface area contributed by atoms with Crippen LogP contribution in [-0.2, 0) is 16.1 Å². The lowest BCUT2D eigenvalue weighted by molar-refractivity contribution is -0.140. The molecule has 0 unspecified atom stereocenters. The van der Waals surface area contributed by atoms with E-state index in [0.717, 1.165) is 12.8 Å². The predicted molar refractivity (Wildman–Crippen MR) is 65.9 cm³/mol. The lowest BCUT2D eigenvalue weighted by atomic mass is 10.2. The number of furan rings is 1. The van der Waals surface area contributed by atoms with Gasteiger partial charge in [0.1, 0.15) is 23.2 Å². The summed E-state index contributed by atoms with van der Waals surface area (Å²) < 4.78 is 10.7. The molecule has 0 aromatic carbocycles. The third kappa shape index (κ3) is 2.96. The number of ether oxygens (including phenoxy) is 1. The highest BCUT2D eigenvalue weighted by Gasteiger charge is 2.27. The fourth-order valence-corrected chi connectivity index (χ4v) is 2.16. The smallest absolute Gasteiger partial charge is 0.339 e. The Hall–Kier alpha value is -1.82. The summed E-state index contributed by atoms with van der Waals surface area (Å²) in [6, 6.07) is 1.46. The average molecular weight is 267 g/mol. The van der Waals surface area contributed by atoms with Crippen molar-refractivity contribution in [3.8, 4) is 0 Å². The topological polar surface area (TPSA) is 80.0 Å². The number of hydrogen-bond acceptors (Lipinski definition) is 4. The molecular formula is C13H17NO5. The van der Waals surface area contributed by atoms with Gasteiger partial charge in [0, 0.05) is 13.7 Å². The molecule has 1 amide bonds. The van der Waals surface area contributed by atoms with E-state index in [2.05, 4.69) is 0 Å². The minimum absolute atomic E-state index is 0.0940. The van der Waals surface area contributed by atoms with Crippen molar-refractivity contribution in [1.82, 2.24) is 4.90 Å². The molecule has 1 aliphatic heterocycles. The molecule has 104 valence electrons. The van der Waals surface area contributed by atoms with Crippen molar-refractivity contribution in [2.45, 2.75) is 32.4 Å². The number of carboxylic acid groups (broad SMARTS) is 1. The summed E-state index contributed by atoms with van der Waals surface area (Å²) >= 11 is 0. The van der Waals surface area contributed by atoms with Crippen LogP contribution in [0.15, 0.2) is 10.5 Å². The largest absolute Gasteiger partial charge is 0.478 e. The predicted octanol–water partition coefficient (Wildman–Crippen LogP) is 1.42. The molecule has 0 bridgehead atoms. The van der Waals surface area contributed by atoms with Gasteiger partial charge in [-0.2, -0.15) is 0 Å². The summed E-state index contributed by atoms with van der Waals surface area (Å²) in [6.07, 6.45) is 1.26. The highest BCUT2D eigenvalue weighted by Crippen LogP contribution is 2.18. The quantitative estimate of drug-likeness (QED) is 0.892. The Labute approximate surface area is 110 Å². The first-order valence-corrected chi connectivity index (χ1v) is 6.18. The number of carboxylic acids is 1. The van der Waals surface area contributed by atoms with Crippen LogP contribution >= 0.6 is 0 Å². The molecule has 1 aromatic rings. The zero-order valence-electron chi connectivity index (χ0n) is 11.0. The summed E-state index contributed by atoms with van der Waals surface area (Å²) in [5.41, 5.74) is 0.132. The molecule has 1 aromatic heterocycles. The van der Waals surface area contributed by atoms with Crippen molar-refractivity contribution in [3.05, 3.63) is 23.2 Å². The lowest BCUT2D eigenvalue weighted by Gasteiger charge is -2.19. The molecule has 6 nitrogen and oxygen atoms in total. The molecule has 0 saturated carbocycles. The Bertz CT molecular complexity index is 487. The maximum atomic E-state index is 12.0. The van der Waals surface area contributed by atoms with E-state index < -0.39 is 5.97 Å². The molecule has 0 aliphatic carbocycles. The van der Waals surface area contributed by atoms with E-state index in [1.807, 2.05) is 0 Å². The first-order valence-electron chi connectivity index (χ1n) is 6.18. The Morgan fingerprint density at radius 3 is 2.79 bits per heavy atom. The molecule has 6 heteroatoms. The zero-order chi connectivity index (χ0) is 14.0. The SMILES string of the molecule is Cc1oc(CN(C)C(=O)[C@H]2CCCO2)cc1C(=O)O. The second-order valence-electron chi connectivity index (χ2n) is 4.68. The van der Waals surface area contributed by atoms with E-state index in [1.165, 1.54) is 11.0 Å². The summed E-state index contributed by atoms with van der Waals surface area (Å²) in [5.74, 6) is -0.312. The normalized spacial score (nSPS) is 18.5. The molecule has 1 saturated heterocycles. The van der Waals surface area contributed by atoms with E-state index in [0.29, 0.717) is 18.1 Å². The van der Waals surface area contributed by atoms with Gasteiger partial charge in [0.25, 0.3) is 5.91 Å². The van der Waals surface area contributed by atoms with E-state index in [4.69, 9.17) is 14.3 Å². The number of hydrogen-bond donors (Lipinski definition) is 1. The van der Waals surface area contributed by atoms with Crippen LogP contribution in [0.3, 0.4) is 0 Å². The van der Waals surface area contributed by atoms with E-state index in [9.17, 15) is 9.59 Å². The van der Waals surface area contributed by atoms with Crippen LogP contribution in [0.2, 0.25) is 0 Å². The number of rotatable bonds is 4.